The minimum Gasteiger partial charge on any atom is -0.465 e. The number of aryl methyl sites for hydroxylation is 1. The van der Waals surface area contributed by atoms with Crippen LogP contribution in [0.3, 0.4) is 0 Å². The number of carbonyl (C=O) groups excluding carboxylic acids is 1. The maximum Gasteiger partial charge on any atom is 0.339 e. The van der Waals surface area contributed by atoms with Gasteiger partial charge < -0.3 is 10.1 Å². The normalized spacial score (nSPS) is 19.3. The lowest BCUT2D eigenvalue weighted by atomic mass is 10.1. The zero-order valence-electron chi connectivity index (χ0n) is 12.8. The second kappa shape index (κ2) is 7.41. The van der Waals surface area contributed by atoms with E-state index in [1.54, 1.807) is 19.1 Å². The fourth-order valence-electron chi connectivity index (χ4n) is 2.44. The fourth-order valence-corrected chi connectivity index (χ4v) is 4.24. The van der Waals surface area contributed by atoms with Crippen molar-refractivity contribution in [1.82, 2.24) is 9.62 Å². The number of benzene rings is 1. The van der Waals surface area contributed by atoms with E-state index in [0.717, 1.165) is 5.56 Å². The number of methoxy groups -OCH3 is 1. The van der Waals surface area contributed by atoms with E-state index in [0.29, 0.717) is 19.6 Å². The molecule has 1 N–H and O–H groups in total. The number of hydrogen-bond acceptors (Lipinski definition) is 5. The van der Waals surface area contributed by atoms with Crippen molar-refractivity contribution in [3.8, 4) is 0 Å². The van der Waals surface area contributed by atoms with E-state index in [9.17, 15) is 13.2 Å². The van der Waals surface area contributed by atoms with Crippen LogP contribution in [0.2, 0.25) is 0 Å². The first-order valence-corrected chi connectivity index (χ1v) is 8.23. The molecular weight excluding hydrogens is 328 g/mol. The number of esters is 1. The summed E-state index contributed by atoms with van der Waals surface area (Å²) in [6.07, 6.45) is 0. The number of ether oxygens (including phenoxy) is 1. The van der Waals surface area contributed by atoms with E-state index in [1.807, 2.05) is 6.92 Å². The Morgan fingerprint density at radius 1 is 1.41 bits per heavy atom. The third-order valence-corrected chi connectivity index (χ3v) is 5.64. The molecule has 0 saturated carbocycles. The highest BCUT2D eigenvalue weighted by molar-refractivity contribution is 7.89. The van der Waals surface area contributed by atoms with Crippen LogP contribution in [-0.4, -0.2) is 51.5 Å². The van der Waals surface area contributed by atoms with Gasteiger partial charge in [0.25, 0.3) is 0 Å². The summed E-state index contributed by atoms with van der Waals surface area (Å²) in [6, 6.07) is 4.55. The third-order valence-electron chi connectivity index (χ3n) is 3.57. The van der Waals surface area contributed by atoms with Crippen LogP contribution in [0.25, 0.3) is 0 Å². The molecule has 0 amide bonds. The zero-order valence-corrected chi connectivity index (χ0v) is 14.5. The van der Waals surface area contributed by atoms with Crippen molar-refractivity contribution in [3.05, 3.63) is 29.3 Å². The van der Waals surface area contributed by atoms with Gasteiger partial charge in [-0.3, -0.25) is 0 Å². The molecule has 124 valence electrons. The van der Waals surface area contributed by atoms with Gasteiger partial charge in [-0.25, -0.2) is 13.2 Å². The van der Waals surface area contributed by atoms with Gasteiger partial charge in [0.15, 0.2) is 0 Å². The second-order valence-corrected chi connectivity index (χ2v) is 7.02. The van der Waals surface area contributed by atoms with E-state index in [1.165, 1.54) is 17.5 Å². The molecule has 8 heteroatoms. The maximum atomic E-state index is 12.8. The predicted molar refractivity (Wildman–Crippen MR) is 86.0 cm³/mol. The van der Waals surface area contributed by atoms with Gasteiger partial charge in [0.2, 0.25) is 10.0 Å². The average Bonchev–Trinajstić information content (AvgIpc) is 2.46. The predicted octanol–water partition coefficient (Wildman–Crippen LogP) is 1.19. The zero-order chi connectivity index (χ0) is 15.6. The van der Waals surface area contributed by atoms with E-state index in [2.05, 4.69) is 5.32 Å². The highest BCUT2D eigenvalue weighted by Crippen LogP contribution is 2.24. The van der Waals surface area contributed by atoms with Crippen LogP contribution >= 0.6 is 12.4 Å². The Morgan fingerprint density at radius 2 is 2.09 bits per heavy atom. The average molecular weight is 349 g/mol. The summed E-state index contributed by atoms with van der Waals surface area (Å²) in [5.74, 6) is -0.639. The smallest absolute Gasteiger partial charge is 0.339 e. The molecule has 1 aliphatic heterocycles. The molecule has 1 atom stereocenters. The minimum absolute atomic E-state index is 0. The molecule has 0 radical (unpaired) electrons. The summed E-state index contributed by atoms with van der Waals surface area (Å²) < 4.78 is 31.8. The van der Waals surface area contributed by atoms with Gasteiger partial charge in [0.1, 0.15) is 0 Å². The number of sulfonamides is 1. The maximum absolute atomic E-state index is 12.8. The Bertz CT molecular complexity index is 648. The molecule has 1 aromatic rings. The molecule has 0 spiro atoms. The Labute approximate surface area is 137 Å². The van der Waals surface area contributed by atoms with Gasteiger partial charge in [0.05, 0.1) is 17.6 Å². The number of halogens is 1. The van der Waals surface area contributed by atoms with Crippen LogP contribution in [0.1, 0.15) is 22.8 Å². The number of carbonyl (C=O) groups is 1. The van der Waals surface area contributed by atoms with Crippen LogP contribution in [0.5, 0.6) is 0 Å². The molecule has 1 heterocycles. The van der Waals surface area contributed by atoms with Crippen LogP contribution in [0.4, 0.5) is 0 Å². The molecule has 22 heavy (non-hydrogen) atoms. The van der Waals surface area contributed by atoms with Crippen molar-refractivity contribution >= 4 is 28.4 Å². The summed E-state index contributed by atoms with van der Waals surface area (Å²) in [5, 5.41) is 3.15. The summed E-state index contributed by atoms with van der Waals surface area (Å²) in [5.41, 5.74) is 0.894. The third kappa shape index (κ3) is 3.60. The first-order valence-electron chi connectivity index (χ1n) is 6.79. The molecule has 1 aliphatic rings. The summed E-state index contributed by atoms with van der Waals surface area (Å²) in [7, 11) is -2.48. The van der Waals surface area contributed by atoms with Gasteiger partial charge in [-0.1, -0.05) is 11.6 Å². The van der Waals surface area contributed by atoms with Crippen LogP contribution < -0.4 is 5.32 Å². The molecule has 2 rings (SSSR count). The topological polar surface area (TPSA) is 75.7 Å². The lowest BCUT2D eigenvalue weighted by Gasteiger charge is -2.33. The van der Waals surface area contributed by atoms with Gasteiger partial charge in [-0.2, -0.15) is 4.31 Å². The van der Waals surface area contributed by atoms with Crippen molar-refractivity contribution in [2.75, 3.05) is 26.7 Å². The summed E-state index contributed by atoms with van der Waals surface area (Å²) >= 11 is 0. The summed E-state index contributed by atoms with van der Waals surface area (Å²) in [6.45, 7) is 5.23. The number of nitrogens with one attached hydrogen (secondary N) is 1. The quantitative estimate of drug-likeness (QED) is 0.830. The van der Waals surface area contributed by atoms with Gasteiger partial charge >= 0.3 is 5.97 Å². The van der Waals surface area contributed by atoms with Gasteiger partial charge in [-0.15, -0.1) is 12.4 Å². The molecule has 0 bridgehead atoms. The number of nitrogens with zero attached hydrogens (tertiary/aromatic N) is 1. The number of hydrogen-bond donors (Lipinski definition) is 1. The van der Waals surface area contributed by atoms with Gasteiger partial charge in [0, 0.05) is 25.7 Å². The first-order chi connectivity index (χ1) is 9.87. The largest absolute Gasteiger partial charge is 0.465 e. The molecular formula is C14H21ClN2O4S. The minimum atomic E-state index is -3.72. The molecule has 1 aromatic carbocycles. The van der Waals surface area contributed by atoms with Crippen LogP contribution in [0.15, 0.2) is 23.1 Å². The Balaban J connectivity index is 0.00000242. The fraction of sp³-hybridized carbons (Fsp3) is 0.500. The first kappa shape index (κ1) is 18.9. The highest BCUT2D eigenvalue weighted by Gasteiger charge is 2.33. The highest BCUT2D eigenvalue weighted by atomic mass is 35.5. The standard InChI is InChI=1S/C14H20N2O4S.ClH/c1-10-4-5-13(12(8-10)14(17)20-3)21(18,19)16-7-6-15-9-11(16)2;/h4-5,8,11,15H,6-7,9H2,1-3H3;1H. The van der Waals surface area contributed by atoms with E-state index in [-0.39, 0.29) is 28.9 Å². The van der Waals surface area contributed by atoms with Crippen molar-refractivity contribution < 1.29 is 17.9 Å². The number of rotatable bonds is 3. The van der Waals surface area contributed by atoms with E-state index >= 15 is 0 Å². The Morgan fingerprint density at radius 3 is 2.68 bits per heavy atom. The number of piperazine rings is 1. The molecule has 1 fully saturated rings. The molecule has 1 saturated heterocycles. The van der Waals surface area contributed by atoms with Crippen molar-refractivity contribution in [1.29, 1.82) is 0 Å². The van der Waals surface area contributed by atoms with Crippen molar-refractivity contribution in [2.45, 2.75) is 24.8 Å². The SMILES string of the molecule is COC(=O)c1cc(C)ccc1S(=O)(=O)N1CCNCC1C.Cl. The summed E-state index contributed by atoms with van der Waals surface area (Å²) in [4.78, 5) is 11.9. The molecule has 1 unspecified atom stereocenters. The Hall–Kier alpha value is -1.15. The molecule has 0 aliphatic carbocycles. The van der Waals surface area contributed by atoms with Gasteiger partial charge in [-0.05, 0) is 26.0 Å². The van der Waals surface area contributed by atoms with Crippen molar-refractivity contribution in [3.63, 3.8) is 0 Å². The lowest BCUT2D eigenvalue weighted by molar-refractivity contribution is 0.0596. The second-order valence-electron chi connectivity index (χ2n) is 5.16. The van der Waals surface area contributed by atoms with Crippen LogP contribution in [0, 0.1) is 6.92 Å². The van der Waals surface area contributed by atoms with Crippen LogP contribution in [-0.2, 0) is 14.8 Å². The molecule has 6 nitrogen and oxygen atoms in total. The Kier molecular flexibility index (Phi) is 6.37. The van der Waals surface area contributed by atoms with Crippen molar-refractivity contribution in [2.24, 2.45) is 0 Å². The lowest BCUT2D eigenvalue weighted by Crippen LogP contribution is -2.52. The van der Waals surface area contributed by atoms with E-state index < -0.39 is 16.0 Å². The van der Waals surface area contributed by atoms with E-state index in [4.69, 9.17) is 4.74 Å². The monoisotopic (exact) mass is 348 g/mol. The molecule has 0 aromatic heterocycles.